The first-order chi connectivity index (χ1) is 9.62. The Kier molecular flexibility index (Phi) is 8.14. The number of rotatable bonds is 9. The smallest absolute Gasteiger partial charge is 0.239 e. The third kappa shape index (κ3) is 5.40. The van der Waals surface area contributed by atoms with Crippen molar-refractivity contribution >= 4 is 34.1 Å². The highest BCUT2D eigenvalue weighted by molar-refractivity contribution is 8.00. The van der Waals surface area contributed by atoms with Crippen LogP contribution in [-0.4, -0.2) is 27.1 Å². The van der Waals surface area contributed by atoms with Gasteiger partial charge in [0.1, 0.15) is 5.01 Å². The van der Waals surface area contributed by atoms with E-state index in [9.17, 15) is 4.79 Å². The van der Waals surface area contributed by atoms with Gasteiger partial charge in [-0.1, -0.05) is 38.5 Å². The van der Waals surface area contributed by atoms with Crippen molar-refractivity contribution in [3.05, 3.63) is 5.01 Å². The molecule has 0 aliphatic heterocycles. The molecule has 1 heterocycles. The van der Waals surface area contributed by atoms with Crippen LogP contribution in [0.15, 0.2) is 0 Å². The van der Waals surface area contributed by atoms with E-state index < -0.39 is 0 Å². The number of thioether (sulfide) groups is 1. The molecule has 0 saturated heterocycles. The number of nitrogens with one attached hydrogen (secondary N) is 1. The predicted octanol–water partition coefficient (Wildman–Crippen LogP) is 4.30. The van der Waals surface area contributed by atoms with E-state index in [4.69, 9.17) is 0 Å². The highest BCUT2D eigenvalue weighted by Gasteiger charge is 2.17. The number of amides is 1. The molecular formula is C14H25N3OS2. The van der Waals surface area contributed by atoms with E-state index >= 15 is 0 Å². The van der Waals surface area contributed by atoms with Crippen LogP contribution in [0.3, 0.4) is 0 Å². The van der Waals surface area contributed by atoms with Crippen LogP contribution in [0, 0.1) is 0 Å². The molecule has 0 fully saturated rings. The van der Waals surface area contributed by atoms with Gasteiger partial charge in [-0.15, -0.1) is 22.0 Å². The summed E-state index contributed by atoms with van der Waals surface area (Å²) in [6.07, 6.45) is 4.43. The van der Waals surface area contributed by atoms with Crippen LogP contribution in [-0.2, 0) is 4.79 Å². The number of hydrogen-bond acceptors (Lipinski definition) is 5. The fourth-order valence-corrected chi connectivity index (χ4v) is 3.81. The predicted molar refractivity (Wildman–Crippen MR) is 88.7 cm³/mol. The average Bonchev–Trinajstić information content (AvgIpc) is 2.88. The molecule has 1 unspecified atom stereocenters. The summed E-state index contributed by atoms with van der Waals surface area (Å²) in [6, 6.07) is 0. The van der Waals surface area contributed by atoms with Gasteiger partial charge in [-0.25, -0.2) is 0 Å². The summed E-state index contributed by atoms with van der Waals surface area (Å²) in [5.74, 6) is 1.51. The molecule has 0 bridgehead atoms. The second-order valence-corrected chi connectivity index (χ2v) is 7.27. The first kappa shape index (κ1) is 17.4. The molecule has 0 aliphatic carbocycles. The van der Waals surface area contributed by atoms with Crippen LogP contribution in [0.2, 0.25) is 0 Å². The minimum atomic E-state index is -0.0398. The highest BCUT2D eigenvalue weighted by atomic mass is 32.2. The van der Waals surface area contributed by atoms with E-state index in [0.717, 1.165) is 36.4 Å². The molecule has 20 heavy (non-hydrogen) atoms. The van der Waals surface area contributed by atoms with Gasteiger partial charge < -0.3 is 0 Å². The molecule has 1 amide bonds. The molecule has 0 spiro atoms. The number of hydrogen-bond donors (Lipinski definition) is 1. The Bertz CT molecular complexity index is 405. The molecule has 1 N–H and O–H groups in total. The van der Waals surface area contributed by atoms with Crippen LogP contribution in [0.5, 0.6) is 0 Å². The fourth-order valence-electron chi connectivity index (χ4n) is 1.78. The van der Waals surface area contributed by atoms with E-state index in [1.54, 1.807) is 11.8 Å². The zero-order valence-corrected chi connectivity index (χ0v) is 14.4. The molecule has 0 aliphatic rings. The van der Waals surface area contributed by atoms with Crippen LogP contribution < -0.4 is 5.32 Å². The number of nitrogens with zero attached hydrogens (tertiary/aromatic N) is 2. The summed E-state index contributed by atoms with van der Waals surface area (Å²) in [4.78, 5) is 12.0. The van der Waals surface area contributed by atoms with Crippen molar-refractivity contribution in [3.63, 3.8) is 0 Å². The number of aromatic nitrogens is 2. The first-order valence-electron chi connectivity index (χ1n) is 7.38. The van der Waals surface area contributed by atoms with Crippen molar-refractivity contribution in [2.75, 3.05) is 11.1 Å². The Morgan fingerprint density at radius 1 is 1.30 bits per heavy atom. The standard InChI is InChI=1S/C14H25N3OS2/c1-5-8-9-19-10(4)12(18)15-14-17-16-13(20-14)11(6-2)7-3/h10-11H,5-9H2,1-4H3,(H,15,17,18). The largest absolute Gasteiger partial charge is 0.300 e. The van der Waals surface area contributed by atoms with Crippen molar-refractivity contribution in [2.45, 2.75) is 64.5 Å². The van der Waals surface area contributed by atoms with Crippen molar-refractivity contribution in [1.29, 1.82) is 0 Å². The lowest BCUT2D eigenvalue weighted by Gasteiger charge is -2.09. The second kappa shape index (κ2) is 9.34. The van der Waals surface area contributed by atoms with Gasteiger partial charge in [0.15, 0.2) is 0 Å². The van der Waals surface area contributed by atoms with Gasteiger partial charge in [0.2, 0.25) is 11.0 Å². The first-order valence-corrected chi connectivity index (χ1v) is 9.24. The van der Waals surface area contributed by atoms with E-state index in [2.05, 4.69) is 36.3 Å². The third-order valence-electron chi connectivity index (χ3n) is 3.24. The van der Waals surface area contributed by atoms with Gasteiger partial charge in [-0.2, -0.15) is 0 Å². The molecule has 6 heteroatoms. The zero-order chi connectivity index (χ0) is 15.0. The molecule has 0 aromatic carbocycles. The van der Waals surface area contributed by atoms with E-state index in [0.29, 0.717) is 11.0 Å². The Hall–Kier alpha value is -0.620. The van der Waals surface area contributed by atoms with Crippen LogP contribution in [0.1, 0.15) is 64.3 Å². The summed E-state index contributed by atoms with van der Waals surface area (Å²) >= 11 is 3.20. The quantitative estimate of drug-likeness (QED) is 0.690. The van der Waals surface area contributed by atoms with Gasteiger partial charge >= 0.3 is 0 Å². The van der Waals surface area contributed by atoms with E-state index in [1.807, 2.05) is 6.92 Å². The third-order valence-corrected chi connectivity index (χ3v) is 5.48. The lowest BCUT2D eigenvalue weighted by molar-refractivity contribution is -0.115. The second-order valence-electron chi connectivity index (χ2n) is 4.81. The SMILES string of the molecule is CCCCSC(C)C(=O)Nc1nnc(C(CC)CC)s1. The maximum Gasteiger partial charge on any atom is 0.239 e. The van der Waals surface area contributed by atoms with Gasteiger partial charge in [-0.3, -0.25) is 10.1 Å². The van der Waals surface area contributed by atoms with Crippen LogP contribution in [0.25, 0.3) is 0 Å². The van der Waals surface area contributed by atoms with E-state index in [-0.39, 0.29) is 11.2 Å². The molecule has 0 saturated carbocycles. The molecule has 1 aromatic rings. The summed E-state index contributed by atoms with van der Waals surface area (Å²) in [5, 5.41) is 12.8. The number of carbonyl (C=O) groups excluding carboxylic acids is 1. The molecular weight excluding hydrogens is 290 g/mol. The number of carbonyl (C=O) groups is 1. The molecule has 1 atom stereocenters. The van der Waals surface area contributed by atoms with Crippen LogP contribution >= 0.6 is 23.1 Å². The monoisotopic (exact) mass is 315 g/mol. The van der Waals surface area contributed by atoms with Crippen molar-refractivity contribution < 1.29 is 4.79 Å². The number of anilines is 1. The number of unbranched alkanes of at least 4 members (excludes halogenated alkanes) is 1. The minimum absolute atomic E-state index is 0.0263. The normalized spacial score (nSPS) is 12.7. The summed E-state index contributed by atoms with van der Waals surface area (Å²) in [6.45, 7) is 8.41. The fraction of sp³-hybridized carbons (Fsp3) is 0.786. The Morgan fingerprint density at radius 3 is 2.60 bits per heavy atom. The lowest BCUT2D eigenvalue weighted by atomic mass is 10.1. The summed E-state index contributed by atoms with van der Waals surface area (Å²) < 4.78 is 0. The Labute approximate surface area is 130 Å². The maximum atomic E-state index is 12.0. The lowest BCUT2D eigenvalue weighted by Crippen LogP contribution is -2.22. The average molecular weight is 316 g/mol. The minimum Gasteiger partial charge on any atom is -0.300 e. The highest BCUT2D eigenvalue weighted by Crippen LogP contribution is 2.28. The molecule has 1 aromatic heterocycles. The molecule has 1 rings (SSSR count). The maximum absolute atomic E-state index is 12.0. The summed E-state index contributed by atoms with van der Waals surface area (Å²) in [5.41, 5.74) is 0. The van der Waals surface area contributed by atoms with Gasteiger partial charge in [0, 0.05) is 5.92 Å². The van der Waals surface area contributed by atoms with E-state index in [1.165, 1.54) is 11.3 Å². The van der Waals surface area contributed by atoms with Gasteiger partial charge in [0.25, 0.3) is 0 Å². The van der Waals surface area contributed by atoms with Crippen molar-refractivity contribution in [2.24, 2.45) is 0 Å². The van der Waals surface area contributed by atoms with Crippen molar-refractivity contribution in [3.8, 4) is 0 Å². The molecule has 4 nitrogen and oxygen atoms in total. The summed E-state index contributed by atoms with van der Waals surface area (Å²) in [7, 11) is 0. The molecule has 114 valence electrons. The van der Waals surface area contributed by atoms with Crippen LogP contribution in [0.4, 0.5) is 5.13 Å². The van der Waals surface area contributed by atoms with Crippen molar-refractivity contribution in [1.82, 2.24) is 10.2 Å². The Balaban J connectivity index is 2.49. The zero-order valence-electron chi connectivity index (χ0n) is 12.8. The van der Waals surface area contributed by atoms with Gasteiger partial charge in [-0.05, 0) is 31.9 Å². The van der Waals surface area contributed by atoms with Gasteiger partial charge in [0.05, 0.1) is 5.25 Å². The topological polar surface area (TPSA) is 54.9 Å². The molecule has 0 radical (unpaired) electrons. The Morgan fingerprint density at radius 2 is 2.00 bits per heavy atom.